The fourth-order valence-electron chi connectivity index (χ4n) is 1.37. The minimum absolute atomic E-state index is 0.535. The number of hydrogen-bond donors (Lipinski definition) is 0. The molecule has 0 unspecified atom stereocenters. The normalized spacial score (nSPS) is 10.1. The van der Waals surface area contributed by atoms with Crippen LogP contribution in [0.2, 0.25) is 0 Å². The Bertz CT molecular complexity index is 118. The minimum Gasteiger partial charge on any atom is -0.457 e. The molecule has 14 heavy (non-hydrogen) atoms. The molecule has 2 nitrogen and oxygen atoms in total. The third-order valence-electron chi connectivity index (χ3n) is 2.19. The van der Waals surface area contributed by atoms with Crippen LogP contribution in [-0.2, 0) is 9.53 Å². The third kappa shape index (κ3) is 11.9. The van der Waals surface area contributed by atoms with E-state index in [0.29, 0.717) is 6.61 Å². The summed E-state index contributed by atoms with van der Waals surface area (Å²) in [6, 6.07) is 0. The highest BCUT2D eigenvalue weighted by molar-refractivity contribution is 9.09. The Labute approximate surface area is 95.5 Å². The van der Waals surface area contributed by atoms with Crippen LogP contribution in [-0.4, -0.2) is 18.4 Å². The van der Waals surface area contributed by atoms with Gasteiger partial charge in [0.2, 0.25) is 0 Å². The highest BCUT2D eigenvalue weighted by Crippen LogP contribution is 2.09. The second-order valence-corrected chi connectivity index (χ2v) is 4.24. The van der Waals surface area contributed by atoms with Crippen LogP contribution in [0.3, 0.4) is 0 Å². The second-order valence-electron chi connectivity index (χ2n) is 3.45. The van der Waals surface area contributed by atoms with Gasteiger partial charge < -0.3 is 4.74 Å². The Morgan fingerprint density at radius 2 is 1.36 bits per heavy atom. The van der Waals surface area contributed by atoms with Crippen molar-refractivity contribution in [2.75, 3.05) is 11.9 Å². The summed E-state index contributed by atoms with van der Waals surface area (Å²) < 4.78 is 4.48. The average Bonchev–Trinajstić information content (AvgIpc) is 2.21. The van der Waals surface area contributed by atoms with Gasteiger partial charge in [0.25, 0.3) is 0 Å². The van der Waals surface area contributed by atoms with Gasteiger partial charge in [0.1, 0.15) is 0 Å². The summed E-state index contributed by atoms with van der Waals surface area (Å²) in [5, 5.41) is 1.13. The molecule has 1 radical (unpaired) electrons. The van der Waals surface area contributed by atoms with Gasteiger partial charge in [-0.25, -0.2) is 4.79 Å². The van der Waals surface area contributed by atoms with E-state index in [9.17, 15) is 4.79 Å². The van der Waals surface area contributed by atoms with Crippen LogP contribution in [0.15, 0.2) is 0 Å². The number of hydrogen-bond acceptors (Lipinski definition) is 2. The predicted octanol–water partition coefficient (Wildman–Crippen LogP) is 3.59. The van der Waals surface area contributed by atoms with Gasteiger partial charge in [0.15, 0.2) is 0 Å². The summed E-state index contributed by atoms with van der Waals surface area (Å²) >= 11 is 3.42. The zero-order chi connectivity index (χ0) is 10.5. The molecule has 0 saturated carbocycles. The van der Waals surface area contributed by atoms with Gasteiger partial charge in [-0.3, -0.25) is 0 Å². The summed E-state index contributed by atoms with van der Waals surface area (Å²) in [5.74, 6) is 0. The maximum Gasteiger partial charge on any atom is 0.417 e. The number of rotatable bonds is 11. The lowest BCUT2D eigenvalue weighted by Gasteiger charge is -2.00. The molecular weight excluding hydrogens is 244 g/mol. The van der Waals surface area contributed by atoms with Crippen LogP contribution in [0.25, 0.3) is 0 Å². The van der Waals surface area contributed by atoms with Gasteiger partial charge in [-0.2, -0.15) is 0 Å². The molecule has 0 atom stereocenters. The summed E-state index contributed by atoms with van der Waals surface area (Å²) in [7, 11) is 0. The number of ether oxygens (including phenoxy) is 1. The zero-order valence-corrected chi connectivity index (χ0v) is 10.4. The van der Waals surface area contributed by atoms with Crippen LogP contribution in [0, 0.1) is 0 Å². The average molecular weight is 264 g/mol. The van der Waals surface area contributed by atoms with Crippen molar-refractivity contribution in [3.63, 3.8) is 0 Å². The fraction of sp³-hybridized carbons (Fsp3) is 0.909. The molecule has 0 saturated heterocycles. The Morgan fingerprint density at radius 3 is 1.86 bits per heavy atom. The maximum atomic E-state index is 9.69. The van der Waals surface area contributed by atoms with E-state index in [-0.39, 0.29) is 0 Å². The van der Waals surface area contributed by atoms with Crippen molar-refractivity contribution in [3.05, 3.63) is 0 Å². The van der Waals surface area contributed by atoms with Crippen molar-refractivity contribution < 1.29 is 9.53 Å². The molecule has 3 heteroatoms. The molecule has 0 aliphatic carbocycles. The summed E-state index contributed by atoms with van der Waals surface area (Å²) in [4.78, 5) is 9.69. The summed E-state index contributed by atoms with van der Waals surface area (Å²) in [6.07, 6.45) is 10.1. The first kappa shape index (κ1) is 13.9. The highest BCUT2D eigenvalue weighted by Gasteiger charge is 1.92. The van der Waals surface area contributed by atoms with Gasteiger partial charge >= 0.3 is 6.47 Å². The first-order chi connectivity index (χ1) is 6.91. The zero-order valence-electron chi connectivity index (χ0n) is 8.77. The first-order valence-electron chi connectivity index (χ1n) is 5.46. The molecule has 0 aromatic heterocycles. The molecular formula is C11H20BrO2. The summed E-state index contributed by atoms with van der Waals surface area (Å²) in [5.41, 5.74) is 0. The minimum atomic E-state index is 0.535. The van der Waals surface area contributed by atoms with Crippen LogP contribution >= 0.6 is 15.9 Å². The topological polar surface area (TPSA) is 26.3 Å². The monoisotopic (exact) mass is 263 g/mol. The molecule has 0 aromatic carbocycles. The van der Waals surface area contributed by atoms with E-state index in [1.807, 2.05) is 0 Å². The van der Waals surface area contributed by atoms with Gasteiger partial charge in [-0.05, 0) is 12.8 Å². The van der Waals surface area contributed by atoms with Crippen molar-refractivity contribution in [1.29, 1.82) is 0 Å². The number of unbranched alkanes of at least 4 members (excludes halogenated alkanes) is 7. The van der Waals surface area contributed by atoms with Crippen molar-refractivity contribution >= 4 is 22.4 Å². The maximum absolute atomic E-state index is 9.69. The molecule has 0 fully saturated rings. The Kier molecular flexibility index (Phi) is 12.9. The van der Waals surface area contributed by atoms with Crippen LogP contribution in [0.5, 0.6) is 0 Å². The number of carbonyl (C=O) groups excluding carboxylic acids is 1. The van der Waals surface area contributed by atoms with E-state index in [1.165, 1.54) is 51.4 Å². The SMILES string of the molecule is O=[C]OCCCCCCCCCCBr. The Balaban J connectivity index is 2.81. The summed E-state index contributed by atoms with van der Waals surface area (Å²) in [6.45, 7) is 1.97. The number of halogens is 1. The molecule has 0 rings (SSSR count). The predicted molar refractivity (Wildman–Crippen MR) is 62.4 cm³/mol. The lowest BCUT2D eigenvalue weighted by atomic mass is 10.1. The van der Waals surface area contributed by atoms with E-state index in [0.717, 1.165) is 11.8 Å². The van der Waals surface area contributed by atoms with Gasteiger partial charge in [0.05, 0.1) is 6.61 Å². The van der Waals surface area contributed by atoms with Crippen molar-refractivity contribution in [2.24, 2.45) is 0 Å². The lowest BCUT2D eigenvalue weighted by molar-refractivity contribution is 0.268. The molecule has 0 aliphatic rings. The standard InChI is InChI=1S/C11H20BrO2/c12-9-7-5-3-1-2-4-6-8-10-14-11-13/h1-10H2. The van der Waals surface area contributed by atoms with Crippen LogP contribution in [0.1, 0.15) is 51.4 Å². The van der Waals surface area contributed by atoms with Crippen molar-refractivity contribution in [3.8, 4) is 0 Å². The molecule has 0 amide bonds. The van der Waals surface area contributed by atoms with E-state index >= 15 is 0 Å². The van der Waals surface area contributed by atoms with E-state index in [2.05, 4.69) is 20.7 Å². The van der Waals surface area contributed by atoms with Gasteiger partial charge in [0, 0.05) is 5.33 Å². The highest BCUT2D eigenvalue weighted by atomic mass is 79.9. The van der Waals surface area contributed by atoms with E-state index in [4.69, 9.17) is 0 Å². The van der Waals surface area contributed by atoms with Gasteiger partial charge in [-0.15, -0.1) is 0 Å². The van der Waals surface area contributed by atoms with E-state index < -0.39 is 0 Å². The van der Waals surface area contributed by atoms with Crippen LogP contribution < -0.4 is 0 Å². The molecule has 0 aromatic rings. The third-order valence-corrected chi connectivity index (χ3v) is 2.75. The molecule has 83 valence electrons. The van der Waals surface area contributed by atoms with Crippen molar-refractivity contribution in [2.45, 2.75) is 51.4 Å². The first-order valence-corrected chi connectivity index (χ1v) is 6.59. The van der Waals surface area contributed by atoms with Crippen LogP contribution in [0.4, 0.5) is 0 Å². The van der Waals surface area contributed by atoms with Crippen molar-refractivity contribution in [1.82, 2.24) is 0 Å². The molecule has 0 bridgehead atoms. The Hall–Kier alpha value is -0.0500. The quantitative estimate of drug-likeness (QED) is 0.421. The molecule has 0 aliphatic heterocycles. The van der Waals surface area contributed by atoms with Gasteiger partial charge in [-0.1, -0.05) is 54.5 Å². The Morgan fingerprint density at radius 1 is 0.857 bits per heavy atom. The molecule has 0 N–H and O–H groups in total. The second kappa shape index (κ2) is 12.9. The number of alkyl halides is 1. The molecule has 0 spiro atoms. The lowest BCUT2D eigenvalue weighted by Crippen LogP contribution is -1.91. The fourth-order valence-corrected chi connectivity index (χ4v) is 1.77. The largest absolute Gasteiger partial charge is 0.457 e. The molecule has 0 heterocycles. The smallest absolute Gasteiger partial charge is 0.417 e. The van der Waals surface area contributed by atoms with E-state index in [1.54, 1.807) is 0 Å².